The van der Waals surface area contributed by atoms with Crippen LogP contribution in [0.5, 0.6) is 0 Å². The van der Waals surface area contributed by atoms with Crippen LogP contribution < -0.4 is 5.32 Å². The van der Waals surface area contributed by atoms with Crippen LogP contribution in [0.2, 0.25) is 0 Å². The van der Waals surface area contributed by atoms with E-state index >= 15 is 0 Å². The van der Waals surface area contributed by atoms with Gasteiger partial charge in [0.15, 0.2) is 0 Å². The van der Waals surface area contributed by atoms with E-state index in [9.17, 15) is 14.4 Å². The molecule has 6 nitrogen and oxygen atoms in total. The van der Waals surface area contributed by atoms with Crippen LogP contribution in [0, 0.1) is 0 Å². The van der Waals surface area contributed by atoms with Crippen LogP contribution in [0.15, 0.2) is 17.5 Å². The molecule has 0 saturated carbocycles. The van der Waals surface area contributed by atoms with Gasteiger partial charge in [-0.2, -0.15) is 0 Å². The Morgan fingerprint density at radius 3 is 2.84 bits per heavy atom. The fourth-order valence-corrected chi connectivity index (χ4v) is 4.21. The summed E-state index contributed by atoms with van der Waals surface area (Å²) in [5, 5.41) is 4.83. The molecule has 0 aliphatic carbocycles. The van der Waals surface area contributed by atoms with Crippen LogP contribution in [-0.4, -0.2) is 59.7 Å². The molecule has 2 aliphatic rings. The summed E-state index contributed by atoms with van der Waals surface area (Å²) in [7, 11) is 0. The van der Waals surface area contributed by atoms with Crippen molar-refractivity contribution < 1.29 is 14.4 Å². The molecule has 1 atom stereocenters. The summed E-state index contributed by atoms with van der Waals surface area (Å²) in [6.07, 6.45) is 4.96. The molecule has 0 spiro atoms. The lowest BCUT2D eigenvalue weighted by Gasteiger charge is -2.34. The van der Waals surface area contributed by atoms with Gasteiger partial charge in [0.05, 0.1) is 4.88 Å². The first-order valence-corrected chi connectivity index (χ1v) is 9.95. The molecule has 2 fully saturated rings. The Labute approximate surface area is 152 Å². The van der Waals surface area contributed by atoms with Gasteiger partial charge in [0.25, 0.3) is 5.91 Å². The number of carbonyl (C=O) groups is 3. The fourth-order valence-electron chi connectivity index (χ4n) is 3.53. The molecule has 7 heteroatoms. The van der Waals surface area contributed by atoms with Crippen molar-refractivity contribution in [1.29, 1.82) is 0 Å². The maximum absolute atomic E-state index is 12.6. The highest BCUT2D eigenvalue weighted by molar-refractivity contribution is 7.12. The quantitative estimate of drug-likeness (QED) is 0.785. The molecule has 0 radical (unpaired) electrons. The first-order valence-electron chi connectivity index (χ1n) is 9.07. The second kappa shape index (κ2) is 8.47. The van der Waals surface area contributed by atoms with Gasteiger partial charge >= 0.3 is 0 Å². The zero-order valence-corrected chi connectivity index (χ0v) is 15.2. The second-order valence-electron chi connectivity index (χ2n) is 6.62. The van der Waals surface area contributed by atoms with E-state index in [1.807, 2.05) is 22.4 Å². The van der Waals surface area contributed by atoms with Gasteiger partial charge < -0.3 is 15.1 Å². The molecule has 1 unspecified atom stereocenters. The third kappa shape index (κ3) is 4.39. The summed E-state index contributed by atoms with van der Waals surface area (Å²) in [6, 6.07) is 3.29. The van der Waals surface area contributed by atoms with E-state index in [4.69, 9.17) is 0 Å². The highest BCUT2D eigenvalue weighted by Crippen LogP contribution is 2.22. The van der Waals surface area contributed by atoms with Crippen LogP contribution >= 0.6 is 11.3 Å². The van der Waals surface area contributed by atoms with Gasteiger partial charge in [0.1, 0.15) is 6.04 Å². The monoisotopic (exact) mass is 363 g/mol. The van der Waals surface area contributed by atoms with Crippen molar-refractivity contribution in [2.75, 3.05) is 26.2 Å². The van der Waals surface area contributed by atoms with Crippen molar-refractivity contribution in [1.82, 2.24) is 15.1 Å². The lowest BCUT2D eigenvalue weighted by molar-refractivity contribution is -0.127. The summed E-state index contributed by atoms with van der Waals surface area (Å²) in [5.41, 5.74) is 0. The number of likely N-dealkylation sites (tertiary alicyclic amines) is 2. The lowest BCUT2D eigenvalue weighted by atomic mass is 10.0. The number of rotatable bonds is 6. The average Bonchev–Trinajstić information content (AvgIpc) is 3.30. The van der Waals surface area contributed by atoms with Gasteiger partial charge in [0, 0.05) is 32.6 Å². The van der Waals surface area contributed by atoms with Crippen molar-refractivity contribution in [3.05, 3.63) is 22.4 Å². The summed E-state index contributed by atoms with van der Waals surface area (Å²) in [6.45, 7) is 2.71. The number of piperidine rings is 1. The SMILES string of the molecule is O=C(NCCCN1CCCC1=O)C1CCCCN1C(=O)c1cccs1. The number of nitrogens with one attached hydrogen (secondary N) is 1. The van der Waals surface area contributed by atoms with E-state index in [1.165, 1.54) is 11.3 Å². The Morgan fingerprint density at radius 2 is 2.12 bits per heavy atom. The van der Waals surface area contributed by atoms with Gasteiger partial charge in [-0.25, -0.2) is 0 Å². The zero-order valence-electron chi connectivity index (χ0n) is 14.4. The molecule has 0 aromatic carbocycles. The van der Waals surface area contributed by atoms with E-state index in [0.29, 0.717) is 37.4 Å². The summed E-state index contributed by atoms with van der Waals surface area (Å²) >= 11 is 1.41. The average molecular weight is 363 g/mol. The minimum Gasteiger partial charge on any atom is -0.354 e. The van der Waals surface area contributed by atoms with Gasteiger partial charge in [-0.3, -0.25) is 14.4 Å². The van der Waals surface area contributed by atoms with Gasteiger partial charge in [-0.15, -0.1) is 11.3 Å². The molecule has 2 saturated heterocycles. The predicted molar refractivity (Wildman–Crippen MR) is 96.4 cm³/mol. The Morgan fingerprint density at radius 1 is 1.24 bits per heavy atom. The third-order valence-corrected chi connectivity index (χ3v) is 5.73. The lowest BCUT2D eigenvalue weighted by Crippen LogP contribution is -2.52. The van der Waals surface area contributed by atoms with Crippen molar-refractivity contribution >= 4 is 29.1 Å². The maximum atomic E-state index is 12.6. The van der Waals surface area contributed by atoms with Crippen LogP contribution in [-0.2, 0) is 9.59 Å². The minimum absolute atomic E-state index is 0.0440. The maximum Gasteiger partial charge on any atom is 0.264 e. The van der Waals surface area contributed by atoms with Crippen molar-refractivity contribution in [3.63, 3.8) is 0 Å². The van der Waals surface area contributed by atoms with Crippen LogP contribution in [0.3, 0.4) is 0 Å². The third-order valence-electron chi connectivity index (χ3n) is 4.87. The number of hydrogen-bond acceptors (Lipinski definition) is 4. The summed E-state index contributed by atoms with van der Waals surface area (Å²) in [4.78, 5) is 41.0. The van der Waals surface area contributed by atoms with Crippen molar-refractivity contribution in [2.24, 2.45) is 0 Å². The standard InChI is InChI=1S/C18H25N3O3S/c22-16-8-3-10-20(16)11-5-9-19-17(23)14-6-1-2-12-21(14)18(24)15-7-4-13-25-15/h4,7,13-14H,1-3,5-6,8-12H2,(H,19,23). The van der Waals surface area contributed by atoms with Crippen molar-refractivity contribution in [2.45, 2.75) is 44.6 Å². The largest absolute Gasteiger partial charge is 0.354 e. The number of nitrogens with zero attached hydrogens (tertiary/aromatic N) is 2. The molecule has 3 amide bonds. The second-order valence-corrected chi connectivity index (χ2v) is 7.56. The number of thiophene rings is 1. The number of hydrogen-bond donors (Lipinski definition) is 1. The summed E-state index contributed by atoms with van der Waals surface area (Å²) in [5.74, 6) is 0.0983. The molecular weight excluding hydrogens is 338 g/mol. The van der Waals surface area contributed by atoms with E-state index in [0.717, 1.165) is 32.2 Å². The van der Waals surface area contributed by atoms with Gasteiger partial charge in [-0.1, -0.05) is 6.07 Å². The number of carbonyl (C=O) groups excluding carboxylic acids is 3. The molecule has 2 aliphatic heterocycles. The van der Waals surface area contributed by atoms with Crippen LogP contribution in [0.4, 0.5) is 0 Å². The molecular formula is C18H25N3O3S. The molecule has 3 heterocycles. The van der Waals surface area contributed by atoms with Crippen LogP contribution in [0.25, 0.3) is 0 Å². The Bertz CT molecular complexity index is 617. The van der Waals surface area contributed by atoms with Gasteiger partial charge in [-0.05, 0) is 43.6 Å². The summed E-state index contributed by atoms with van der Waals surface area (Å²) < 4.78 is 0. The van der Waals surface area contributed by atoms with E-state index in [1.54, 1.807) is 4.90 Å². The minimum atomic E-state index is -0.378. The Kier molecular flexibility index (Phi) is 6.07. The van der Waals surface area contributed by atoms with Crippen molar-refractivity contribution in [3.8, 4) is 0 Å². The smallest absolute Gasteiger partial charge is 0.264 e. The first kappa shape index (κ1) is 17.9. The molecule has 1 aromatic heterocycles. The first-order chi connectivity index (χ1) is 12.2. The van der Waals surface area contributed by atoms with E-state index in [-0.39, 0.29) is 23.8 Å². The highest BCUT2D eigenvalue weighted by Gasteiger charge is 2.32. The van der Waals surface area contributed by atoms with Gasteiger partial charge in [0.2, 0.25) is 11.8 Å². The zero-order chi connectivity index (χ0) is 17.6. The predicted octanol–water partition coefficient (Wildman–Crippen LogP) is 1.87. The van der Waals surface area contributed by atoms with Crippen LogP contribution in [0.1, 0.15) is 48.2 Å². The molecule has 1 aromatic rings. The molecule has 3 rings (SSSR count). The number of amides is 3. The fraction of sp³-hybridized carbons (Fsp3) is 0.611. The molecule has 0 bridgehead atoms. The normalized spacial score (nSPS) is 20.8. The topological polar surface area (TPSA) is 69.7 Å². The Hall–Kier alpha value is -1.89. The molecule has 136 valence electrons. The van der Waals surface area contributed by atoms with E-state index in [2.05, 4.69) is 5.32 Å². The van der Waals surface area contributed by atoms with E-state index < -0.39 is 0 Å². The molecule has 1 N–H and O–H groups in total. The Balaban J connectivity index is 1.49. The highest BCUT2D eigenvalue weighted by atomic mass is 32.1. The molecule has 25 heavy (non-hydrogen) atoms.